The van der Waals surface area contributed by atoms with Gasteiger partial charge in [-0.3, -0.25) is 4.79 Å². The molecule has 2 aromatic rings. The van der Waals surface area contributed by atoms with Gasteiger partial charge in [0.15, 0.2) is 11.5 Å². The minimum absolute atomic E-state index is 0.0298. The predicted octanol–water partition coefficient (Wildman–Crippen LogP) is 5.34. The number of carbonyl (C=O) groups excluding carboxylic acids is 1. The minimum Gasteiger partial charge on any atom is -0.486 e. The molecule has 4 rings (SSSR count). The second kappa shape index (κ2) is 9.59. The van der Waals surface area contributed by atoms with Gasteiger partial charge in [-0.05, 0) is 56.4 Å². The van der Waals surface area contributed by atoms with Crippen LogP contribution in [-0.2, 0) is 6.54 Å². The van der Waals surface area contributed by atoms with Gasteiger partial charge in [-0.25, -0.2) is 0 Å². The monoisotopic (exact) mass is 410 g/mol. The van der Waals surface area contributed by atoms with Gasteiger partial charge >= 0.3 is 0 Å². The highest BCUT2D eigenvalue weighted by atomic mass is 16.6. The molecule has 0 unspecified atom stereocenters. The van der Waals surface area contributed by atoms with Crippen molar-refractivity contribution in [3.63, 3.8) is 0 Å². The number of amides is 1. The van der Waals surface area contributed by atoms with Gasteiger partial charge in [-0.15, -0.1) is 0 Å². The van der Waals surface area contributed by atoms with Crippen LogP contribution in [0.5, 0.6) is 11.5 Å². The van der Waals surface area contributed by atoms with Crippen molar-refractivity contribution >= 4 is 5.91 Å². The Bertz CT molecular complexity index is 881. The maximum absolute atomic E-state index is 12.9. The number of fused-ring (bicyclic) bond motifs is 1. The van der Waals surface area contributed by atoms with E-state index in [0.717, 1.165) is 59.9 Å². The van der Waals surface area contributed by atoms with Gasteiger partial charge in [0.05, 0.1) is 5.56 Å². The molecule has 5 heteroatoms. The standard InChI is InChI=1S/C25H34N2O3/c1-3-4-12-26-25(28)21-16-22(20-10-11-23-24(15-20)30-14-13-29-23)27(18(21)2)17-19-8-6-5-7-9-19/h10-11,15-16,19H,3-9,12-14,17H2,1-2H3,(H,26,28). The third kappa shape index (κ3) is 4.50. The largest absolute Gasteiger partial charge is 0.486 e. The number of nitrogens with zero attached hydrogens (tertiary/aromatic N) is 1. The van der Waals surface area contributed by atoms with Gasteiger partial charge in [0.2, 0.25) is 0 Å². The van der Waals surface area contributed by atoms with E-state index in [-0.39, 0.29) is 5.91 Å². The van der Waals surface area contributed by atoms with Crippen LogP contribution < -0.4 is 14.8 Å². The molecule has 1 aliphatic carbocycles. The molecule has 1 amide bonds. The number of aromatic nitrogens is 1. The van der Waals surface area contributed by atoms with Crippen molar-refractivity contribution < 1.29 is 14.3 Å². The van der Waals surface area contributed by atoms with Crippen LogP contribution in [0.2, 0.25) is 0 Å². The zero-order chi connectivity index (χ0) is 20.9. The van der Waals surface area contributed by atoms with Crippen molar-refractivity contribution in [2.45, 2.75) is 65.3 Å². The molecule has 0 saturated heterocycles. The normalized spacial score (nSPS) is 16.5. The lowest BCUT2D eigenvalue weighted by Gasteiger charge is -2.25. The van der Waals surface area contributed by atoms with Crippen molar-refractivity contribution in [2.24, 2.45) is 5.92 Å². The van der Waals surface area contributed by atoms with E-state index in [2.05, 4.69) is 41.9 Å². The first kappa shape index (κ1) is 20.8. The van der Waals surface area contributed by atoms with Gasteiger partial charge in [0, 0.05) is 30.0 Å². The summed E-state index contributed by atoms with van der Waals surface area (Å²) in [4.78, 5) is 12.9. The van der Waals surface area contributed by atoms with Crippen molar-refractivity contribution in [1.82, 2.24) is 9.88 Å². The van der Waals surface area contributed by atoms with Crippen LogP contribution >= 0.6 is 0 Å². The second-order valence-electron chi connectivity index (χ2n) is 8.61. The SMILES string of the molecule is CCCCNC(=O)c1cc(-c2ccc3c(c2)OCCO3)n(CC2CCCCC2)c1C. The fraction of sp³-hybridized carbons (Fsp3) is 0.560. The van der Waals surface area contributed by atoms with Gasteiger partial charge < -0.3 is 19.4 Å². The Balaban J connectivity index is 1.68. The first-order valence-corrected chi connectivity index (χ1v) is 11.6. The molecule has 0 radical (unpaired) electrons. The summed E-state index contributed by atoms with van der Waals surface area (Å²) in [6.07, 6.45) is 8.60. The lowest BCUT2D eigenvalue weighted by atomic mass is 9.89. The highest BCUT2D eigenvalue weighted by molar-refractivity contribution is 5.97. The average molecular weight is 411 g/mol. The summed E-state index contributed by atoms with van der Waals surface area (Å²) in [5, 5.41) is 3.09. The number of hydrogen-bond acceptors (Lipinski definition) is 3. The number of unbranched alkanes of at least 4 members (excludes halogenated alkanes) is 1. The molecule has 1 saturated carbocycles. The molecule has 0 atom stereocenters. The van der Waals surface area contributed by atoms with E-state index >= 15 is 0 Å². The number of hydrogen-bond donors (Lipinski definition) is 1. The minimum atomic E-state index is 0.0298. The Labute approximate surface area is 179 Å². The molecule has 1 aromatic carbocycles. The molecular weight excluding hydrogens is 376 g/mol. The third-order valence-electron chi connectivity index (χ3n) is 6.43. The molecule has 1 aliphatic heterocycles. The van der Waals surface area contributed by atoms with E-state index in [1.807, 2.05) is 6.07 Å². The molecule has 30 heavy (non-hydrogen) atoms. The second-order valence-corrected chi connectivity index (χ2v) is 8.61. The summed E-state index contributed by atoms with van der Waals surface area (Å²) in [6.45, 7) is 7.08. The van der Waals surface area contributed by atoms with Gasteiger partial charge in [-0.1, -0.05) is 32.6 Å². The third-order valence-corrected chi connectivity index (χ3v) is 6.43. The molecule has 2 heterocycles. The Hall–Kier alpha value is -2.43. The molecule has 0 bridgehead atoms. The van der Waals surface area contributed by atoms with E-state index in [4.69, 9.17) is 9.47 Å². The van der Waals surface area contributed by atoms with Crippen molar-refractivity contribution in [3.8, 4) is 22.8 Å². The zero-order valence-corrected chi connectivity index (χ0v) is 18.3. The van der Waals surface area contributed by atoms with Crippen molar-refractivity contribution in [1.29, 1.82) is 0 Å². The number of benzene rings is 1. The summed E-state index contributed by atoms with van der Waals surface area (Å²) < 4.78 is 13.9. The molecule has 5 nitrogen and oxygen atoms in total. The summed E-state index contributed by atoms with van der Waals surface area (Å²) in [6, 6.07) is 8.18. The Morgan fingerprint density at radius 2 is 1.87 bits per heavy atom. The van der Waals surface area contributed by atoms with E-state index in [1.165, 1.54) is 32.1 Å². The van der Waals surface area contributed by atoms with Gasteiger partial charge in [0.25, 0.3) is 5.91 Å². The molecule has 0 spiro atoms. The number of rotatable bonds is 7. The number of carbonyl (C=O) groups is 1. The summed E-state index contributed by atoms with van der Waals surface area (Å²) >= 11 is 0. The maximum Gasteiger partial charge on any atom is 0.253 e. The van der Waals surface area contributed by atoms with E-state index in [0.29, 0.717) is 19.1 Å². The van der Waals surface area contributed by atoms with Crippen LogP contribution in [-0.4, -0.2) is 30.2 Å². The van der Waals surface area contributed by atoms with Crippen LogP contribution in [0.3, 0.4) is 0 Å². The Morgan fingerprint density at radius 1 is 1.10 bits per heavy atom. The predicted molar refractivity (Wildman–Crippen MR) is 119 cm³/mol. The molecule has 1 fully saturated rings. The first-order valence-electron chi connectivity index (χ1n) is 11.6. The Kier molecular flexibility index (Phi) is 6.66. The fourth-order valence-electron chi connectivity index (χ4n) is 4.65. The van der Waals surface area contributed by atoms with E-state index in [9.17, 15) is 4.79 Å². The lowest BCUT2D eigenvalue weighted by molar-refractivity contribution is 0.0952. The molecule has 1 aromatic heterocycles. The average Bonchev–Trinajstić information content (AvgIpc) is 3.10. The van der Waals surface area contributed by atoms with E-state index < -0.39 is 0 Å². The van der Waals surface area contributed by atoms with Gasteiger partial charge in [0.1, 0.15) is 13.2 Å². The van der Waals surface area contributed by atoms with Crippen LogP contribution in [0, 0.1) is 12.8 Å². The highest BCUT2D eigenvalue weighted by Gasteiger charge is 2.23. The number of ether oxygens (including phenoxy) is 2. The van der Waals surface area contributed by atoms with Crippen LogP contribution in [0.25, 0.3) is 11.3 Å². The van der Waals surface area contributed by atoms with Crippen molar-refractivity contribution in [2.75, 3.05) is 19.8 Å². The van der Waals surface area contributed by atoms with Crippen LogP contribution in [0.15, 0.2) is 24.3 Å². The lowest BCUT2D eigenvalue weighted by Crippen LogP contribution is -2.25. The fourth-order valence-corrected chi connectivity index (χ4v) is 4.65. The number of nitrogens with one attached hydrogen (secondary N) is 1. The summed E-state index contributed by atoms with van der Waals surface area (Å²) in [5.41, 5.74) is 4.01. The van der Waals surface area contributed by atoms with Crippen LogP contribution in [0.1, 0.15) is 67.9 Å². The quantitative estimate of drug-likeness (QED) is 0.627. The van der Waals surface area contributed by atoms with Crippen LogP contribution in [0.4, 0.5) is 0 Å². The van der Waals surface area contributed by atoms with E-state index in [1.54, 1.807) is 0 Å². The maximum atomic E-state index is 12.9. The Morgan fingerprint density at radius 3 is 2.63 bits per heavy atom. The summed E-state index contributed by atoms with van der Waals surface area (Å²) in [7, 11) is 0. The smallest absolute Gasteiger partial charge is 0.253 e. The first-order chi connectivity index (χ1) is 14.7. The zero-order valence-electron chi connectivity index (χ0n) is 18.3. The molecule has 1 N–H and O–H groups in total. The topological polar surface area (TPSA) is 52.5 Å². The molecular formula is C25H34N2O3. The molecule has 2 aliphatic rings. The van der Waals surface area contributed by atoms with Gasteiger partial charge in [-0.2, -0.15) is 0 Å². The molecule has 162 valence electrons. The summed E-state index contributed by atoms with van der Waals surface area (Å²) in [5.74, 6) is 2.29. The highest BCUT2D eigenvalue weighted by Crippen LogP contribution is 2.37. The van der Waals surface area contributed by atoms with Crippen molar-refractivity contribution in [3.05, 3.63) is 35.5 Å².